The molecule has 0 aromatic heterocycles. The summed E-state index contributed by atoms with van der Waals surface area (Å²) in [5, 5.41) is 3.14. The molecule has 1 aromatic carbocycles. The van der Waals surface area contributed by atoms with Crippen LogP contribution >= 0.6 is 0 Å². The van der Waals surface area contributed by atoms with Crippen molar-refractivity contribution >= 4 is 5.69 Å². The molecule has 0 amide bonds. The van der Waals surface area contributed by atoms with Crippen molar-refractivity contribution in [1.82, 2.24) is 4.90 Å². The molecule has 0 atom stereocenters. The van der Waals surface area contributed by atoms with Crippen LogP contribution in [0, 0.1) is 0 Å². The molecule has 2 nitrogen and oxygen atoms in total. The van der Waals surface area contributed by atoms with Crippen LogP contribution in [0.15, 0.2) is 24.3 Å². The van der Waals surface area contributed by atoms with Gasteiger partial charge in [-0.25, -0.2) is 0 Å². The fourth-order valence-electron chi connectivity index (χ4n) is 1.88. The maximum Gasteiger partial charge on any atom is 0.416 e. The number of nitrogens with one attached hydrogen (secondary N) is 1. The first kappa shape index (κ1) is 15.8. The number of rotatable bonds is 7. The van der Waals surface area contributed by atoms with Gasteiger partial charge in [-0.3, -0.25) is 0 Å². The van der Waals surface area contributed by atoms with E-state index < -0.39 is 11.7 Å². The Morgan fingerprint density at radius 2 is 1.68 bits per heavy atom. The first-order valence-corrected chi connectivity index (χ1v) is 6.60. The molecule has 0 unspecified atom stereocenters. The van der Waals surface area contributed by atoms with E-state index in [-0.39, 0.29) is 0 Å². The molecule has 1 rings (SSSR count). The minimum Gasteiger partial charge on any atom is -0.384 e. The Kier molecular flexibility index (Phi) is 6.15. The maximum atomic E-state index is 12.4. The van der Waals surface area contributed by atoms with Crippen molar-refractivity contribution in [3.8, 4) is 0 Å². The maximum absolute atomic E-state index is 12.4. The van der Waals surface area contributed by atoms with Crippen LogP contribution in [-0.4, -0.2) is 31.1 Å². The highest BCUT2D eigenvalue weighted by atomic mass is 19.4. The van der Waals surface area contributed by atoms with Crippen molar-refractivity contribution in [2.75, 3.05) is 31.5 Å². The summed E-state index contributed by atoms with van der Waals surface area (Å²) in [4.78, 5) is 2.30. The Hall–Kier alpha value is -1.23. The molecule has 5 heteroatoms. The van der Waals surface area contributed by atoms with Crippen molar-refractivity contribution in [2.45, 2.75) is 26.4 Å². The molecule has 0 fully saturated rings. The summed E-state index contributed by atoms with van der Waals surface area (Å²) < 4.78 is 37.1. The van der Waals surface area contributed by atoms with Gasteiger partial charge in [-0.2, -0.15) is 13.2 Å². The summed E-state index contributed by atoms with van der Waals surface area (Å²) in [6, 6.07) is 5.15. The second kappa shape index (κ2) is 7.38. The summed E-state index contributed by atoms with van der Waals surface area (Å²) >= 11 is 0. The van der Waals surface area contributed by atoms with Gasteiger partial charge in [-0.1, -0.05) is 13.8 Å². The van der Waals surface area contributed by atoms with E-state index in [2.05, 4.69) is 24.1 Å². The molecule has 0 aliphatic heterocycles. The van der Waals surface area contributed by atoms with Crippen molar-refractivity contribution < 1.29 is 13.2 Å². The lowest BCUT2D eigenvalue weighted by molar-refractivity contribution is -0.137. The Labute approximate surface area is 112 Å². The fourth-order valence-corrected chi connectivity index (χ4v) is 1.88. The van der Waals surface area contributed by atoms with Gasteiger partial charge in [0.2, 0.25) is 0 Å². The van der Waals surface area contributed by atoms with Gasteiger partial charge >= 0.3 is 6.18 Å². The third-order valence-corrected chi connectivity index (χ3v) is 2.96. The highest BCUT2D eigenvalue weighted by Gasteiger charge is 2.29. The predicted octanol–water partition coefficient (Wildman–Crippen LogP) is 3.85. The number of benzene rings is 1. The van der Waals surface area contributed by atoms with Crippen LogP contribution in [0.4, 0.5) is 18.9 Å². The van der Waals surface area contributed by atoms with E-state index in [1.807, 2.05) is 0 Å². The van der Waals surface area contributed by atoms with Gasteiger partial charge in [0.1, 0.15) is 0 Å². The number of hydrogen-bond donors (Lipinski definition) is 1. The Bertz CT molecular complexity index is 360. The summed E-state index contributed by atoms with van der Waals surface area (Å²) in [6.45, 7) is 7.90. The van der Waals surface area contributed by atoms with E-state index in [4.69, 9.17) is 0 Å². The standard InChI is InChI=1S/C14H21F3N2/c1-3-10-19(4-2)11-9-18-13-7-5-12(6-8-13)14(15,16)17/h5-8,18H,3-4,9-11H2,1-2H3. The molecule has 0 heterocycles. The molecule has 0 radical (unpaired) electrons. The second-order valence-electron chi connectivity index (χ2n) is 4.44. The van der Waals surface area contributed by atoms with Crippen molar-refractivity contribution in [1.29, 1.82) is 0 Å². The topological polar surface area (TPSA) is 15.3 Å². The molecule has 19 heavy (non-hydrogen) atoms. The summed E-state index contributed by atoms with van der Waals surface area (Å²) in [5.41, 5.74) is 0.111. The van der Waals surface area contributed by atoms with Crippen LogP contribution < -0.4 is 5.32 Å². The van der Waals surface area contributed by atoms with Gasteiger partial charge in [0, 0.05) is 18.8 Å². The van der Waals surface area contributed by atoms with Gasteiger partial charge in [-0.15, -0.1) is 0 Å². The van der Waals surface area contributed by atoms with Crippen LogP contribution in [0.3, 0.4) is 0 Å². The molecule has 0 aliphatic carbocycles. The van der Waals surface area contributed by atoms with E-state index in [0.29, 0.717) is 0 Å². The normalized spacial score (nSPS) is 11.9. The molecule has 1 N–H and O–H groups in total. The van der Waals surface area contributed by atoms with Crippen LogP contribution in [0.25, 0.3) is 0 Å². The molecular formula is C14H21F3N2. The SMILES string of the molecule is CCCN(CC)CCNc1ccc(C(F)(F)F)cc1. The van der Waals surface area contributed by atoms with E-state index in [9.17, 15) is 13.2 Å². The van der Waals surface area contributed by atoms with Crippen molar-refractivity contribution in [2.24, 2.45) is 0 Å². The zero-order valence-electron chi connectivity index (χ0n) is 11.4. The zero-order chi connectivity index (χ0) is 14.3. The molecule has 0 saturated carbocycles. The third-order valence-electron chi connectivity index (χ3n) is 2.96. The van der Waals surface area contributed by atoms with E-state index in [1.54, 1.807) is 0 Å². The van der Waals surface area contributed by atoms with E-state index in [1.165, 1.54) is 12.1 Å². The number of anilines is 1. The van der Waals surface area contributed by atoms with Gasteiger partial charge < -0.3 is 10.2 Å². The lowest BCUT2D eigenvalue weighted by atomic mass is 10.2. The van der Waals surface area contributed by atoms with Crippen LogP contribution in [0.2, 0.25) is 0 Å². The highest BCUT2D eigenvalue weighted by Crippen LogP contribution is 2.29. The van der Waals surface area contributed by atoms with Gasteiger partial charge in [0.25, 0.3) is 0 Å². The largest absolute Gasteiger partial charge is 0.416 e. The summed E-state index contributed by atoms with van der Waals surface area (Å²) in [7, 11) is 0. The number of likely N-dealkylation sites (N-methyl/N-ethyl adjacent to an activating group) is 1. The Morgan fingerprint density at radius 1 is 1.05 bits per heavy atom. The Balaban J connectivity index is 2.42. The van der Waals surface area contributed by atoms with Crippen LogP contribution in [0.1, 0.15) is 25.8 Å². The number of halogens is 3. The second-order valence-corrected chi connectivity index (χ2v) is 4.44. The smallest absolute Gasteiger partial charge is 0.384 e. The zero-order valence-corrected chi connectivity index (χ0v) is 11.4. The fraction of sp³-hybridized carbons (Fsp3) is 0.571. The third kappa shape index (κ3) is 5.51. The molecule has 108 valence electrons. The lowest BCUT2D eigenvalue weighted by Gasteiger charge is -2.20. The minimum absolute atomic E-state index is 0.612. The Morgan fingerprint density at radius 3 is 2.16 bits per heavy atom. The van der Waals surface area contributed by atoms with E-state index >= 15 is 0 Å². The molecule has 0 spiro atoms. The lowest BCUT2D eigenvalue weighted by Crippen LogP contribution is -2.29. The number of hydrogen-bond acceptors (Lipinski definition) is 2. The predicted molar refractivity (Wildman–Crippen MR) is 72.3 cm³/mol. The van der Waals surface area contributed by atoms with Gasteiger partial charge in [-0.05, 0) is 43.8 Å². The number of alkyl halides is 3. The average molecular weight is 274 g/mol. The summed E-state index contributed by atoms with van der Waals surface area (Å²) in [5.74, 6) is 0. The quantitative estimate of drug-likeness (QED) is 0.812. The van der Waals surface area contributed by atoms with Crippen molar-refractivity contribution in [3.05, 3.63) is 29.8 Å². The minimum atomic E-state index is -4.27. The van der Waals surface area contributed by atoms with Crippen LogP contribution in [-0.2, 0) is 6.18 Å². The molecule has 1 aromatic rings. The summed E-state index contributed by atoms with van der Waals surface area (Å²) in [6.07, 6.45) is -3.16. The van der Waals surface area contributed by atoms with E-state index in [0.717, 1.165) is 50.4 Å². The first-order chi connectivity index (χ1) is 8.97. The average Bonchev–Trinajstić information content (AvgIpc) is 2.37. The molecule has 0 aliphatic rings. The van der Waals surface area contributed by atoms with Gasteiger partial charge in [0.15, 0.2) is 0 Å². The monoisotopic (exact) mass is 274 g/mol. The van der Waals surface area contributed by atoms with Crippen LogP contribution in [0.5, 0.6) is 0 Å². The number of nitrogens with zero attached hydrogens (tertiary/aromatic N) is 1. The van der Waals surface area contributed by atoms with Crippen molar-refractivity contribution in [3.63, 3.8) is 0 Å². The molecular weight excluding hydrogens is 253 g/mol. The highest BCUT2D eigenvalue weighted by molar-refractivity contribution is 5.45. The molecule has 0 bridgehead atoms. The molecule has 0 saturated heterocycles. The van der Waals surface area contributed by atoms with Gasteiger partial charge in [0.05, 0.1) is 5.56 Å². The first-order valence-electron chi connectivity index (χ1n) is 6.60.